The molecule has 0 bridgehead atoms. The highest BCUT2D eigenvalue weighted by Gasteiger charge is 2.25. The highest BCUT2D eigenvalue weighted by molar-refractivity contribution is 7.12. The van der Waals surface area contributed by atoms with E-state index in [1.165, 1.54) is 16.2 Å². The summed E-state index contributed by atoms with van der Waals surface area (Å²) >= 11 is 1.45. The molecule has 2 aromatic heterocycles. The van der Waals surface area contributed by atoms with Gasteiger partial charge in [0.1, 0.15) is 0 Å². The van der Waals surface area contributed by atoms with Crippen molar-refractivity contribution in [3.63, 3.8) is 0 Å². The van der Waals surface area contributed by atoms with Crippen molar-refractivity contribution >= 4 is 23.2 Å². The van der Waals surface area contributed by atoms with Crippen LogP contribution in [0.25, 0.3) is 0 Å². The van der Waals surface area contributed by atoms with E-state index < -0.39 is 0 Å². The van der Waals surface area contributed by atoms with Crippen LogP contribution in [0.15, 0.2) is 23.6 Å². The topological polar surface area (TPSA) is 58.4 Å². The first-order valence-electron chi connectivity index (χ1n) is 6.67. The Labute approximate surface area is 126 Å². The van der Waals surface area contributed by atoms with Gasteiger partial charge in [-0.05, 0) is 17.5 Å². The molecule has 2 aromatic rings. The number of hydrogen-bond acceptors (Lipinski definition) is 4. The third-order valence-electron chi connectivity index (χ3n) is 3.44. The van der Waals surface area contributed by atoms with Crippen molar-refractivity contribution in [2.24, 2.45) is 0 Å². The quantitative estimate of drug-likeness (QED) is 0.840. The maximum atomic E-state index is 12.4. The Morgan fingerprint density at radius 2 is 2.14 bits per heavy atom. The maximum absolute atomic E-state index is 12.4. The monoisotopic (exact) mass is 304 g/mol. The second-order valence-corrected chi connectivity index (χ2v) is 6.10. The van der Waals surface area contributed by atoms with Crippen LogP contribution in [0.2, 0.25) is 0 Å². The maximum Gasteiger partial charge on any atom is 0.273 e. The Kier molecular flexibility index (Phi) is 3.50. The average Bonchev–Trinajstić information content (AvgIpc) is 3.13. The number of aromatic nitrogens is 2. The van der Waals surface area contributed by atoms with Gasteiger partial charge in [-0.15, -0.1) is 11.3 Å². The van der Waals surface area contributed by atoms with Crippen molar-refractivity contribution in [3.8, 4) is 0 Å². The second kappa shape index (κ2) is 5.33. The molecule has 7 heteroatoms. The van der Waals surface area contributed by atoms with Crippen LogP contribution < -0.4 is 0 Å². The number of fused-ring (bicyclic) bond motifs is 1. The van der Waals surface area contributed by atoms with E-state index >= 15 is 0 Å². The van der Waals surface area contributed by atoms with Crippen LogP contribution in [0.3, 0.4) is 0 Å². The van der Waals surface area contributed by atoms with E-state index in [0.29, 0.717) is 25.3 Å². The van der Waals surface area contributed by atoms with Gasteiger partial charge in [-0.3, -0.25) is 14.3 Å². The molecule has 3 rings (SSSR count). The van der Waals surface area contributed by atoms with Crippen molar-refractivity contribution < 1.29 is 9.59 Å². The molecule has 3 heterocycles. The van der Waals surface area contributed by atoms with E-state index in [9.17, 15) is 9.59 Å². The highest BCUT2D eigenvalue weighted by Crippen LogP contribution is 2.19. The summed E-state index contributed by atoms with van der Waals surface area (Å²) in [6.07, 6.45) is 0. The summed E-state index contributed by atoms with van der Waals surface area (Å²) in [7, 11) is 3.40. The largest absolute Gasteiger partial charge is 0.343 e. The third kappa shape index (κ3) is 2.56. The molecule has 0 radical (unpaired) electrons. The Balaban J connectivity index is 1.79. The van der Waals surface area contributed by atoms with Gasteiger partial charge in [-0.25, -0.2) is 0 Å². The van der Waals surface area contributed by atoms with E-state index in [2.05, 4.69) is 5.10 Å². The molecule has 0 fully saturated rings. The molecule has 2 amide bonds. The minimum absolute atomic E-state index is 0.0398. The number of rotatable bonds is 2. The van der Waals surface area contributed by atoms with Crippen LogP contribution in [-0.4, -0.2) is 52.0 Å². The molecule has 0 aromatic carbocycles. The van der Waals surface area contributed by atoms with Gasteiger partial charge in [-0.1, -0.05) is 6.07 Å². The third-order valence-corrected chi connectivity index (χ3v) is 4.30. The number of carbonyl (C=O) groups excluding carboxylic acids is 2. The lowest BCUT2D eigenvalue weighted by atomic mass is 10.2. The number of amides is 2. The van der Waals surface area contributed by atoms with Crippen molar-refractivity contribution in [1.29, 1.82) is 0 Å². The number of thiophene rings is 1. The van der Waals surface area contributed by atoms with Crippen molar-refractivity contribution in [1.82, 2.24) is 19.6 Å². The first-order chi connectivity index (χ1) is 10.1. The fourth-order valence-electron chi connectivity index (χ4n) is 2.33. The molecule has 1 aliphatic heterocycles. The SMILES string of the molecule is CN(C)C(=O)c1cc2n(n1)CCN(C(=O)c1cccs1)C2. The van der Waals surface area contributed by atoms with Crippen LogP contribution in [0.4, 0.5) is 0 Å². The van der Waals surface area contributed by atoms with E-state index in [1.807, 2.05) is 22.2 Å². The number of carbonyl (C=O) groups is 2. The van der Waals surface area contributed by atoms with Crippen LogP contribution in [0.1, 0.15) is 25.9 Å². The molecule has 0 unspecified atom stereocenters. The van der Waals surface area contributed by atoms with Gasteiger partial charge in [0, 0.05) is 20.6 Å². The summed E-state index contributed by atoms with van der Waals surface area (Å²) in [4.78, 5) is 28.3. The van der Waals surface area contributed by atoms with E-state index in [1.54, 1.807) is 25.1 Å². The van der Waals surface area contributed by atoms with Gasteiger partial charge in [0.05, 0.1) is 23.7 Å². The van der Waals surface area contributed by atoms with Gasteiger partial charge < -0.3 is 9.80 Å². The van der Waals surface area contributed by atoms with Crippen LogP contribution in [0, 0.1) is 0 Å². The molecule has 110 valence electrons. The fourth-order valence-corrected chi connectivity index (χ4v) is 3.02. The smallest absolute Gasteiger partial charge is 0.273 e. The molecule has 0 aliphatic carbocycles. The van der Waals surface area contributed by atoms with Crippen LogP contribution >= 0.6 is 11.3 Å². The fraction of sp³-hybridized carbons (Fsp3) is 0.357. The summed E-state index contributed by atoms with van der Waals surface area (Å²) in [5, 5.41) is 6.22. The minimum atomic E-state index is -0.118. The van der Waals surface area contributed by atoms with E-state index in [4.69, 9.17) is 0 Å². The molecule has 6 nitrogen and oxygen atoms in total. The number of nitrogens with zero attached hydrogens (tertiary/aromatic N) is 4. The minimum Gasteiger partial charge on any atom is -0.343 e. The summed E-state index contributed by atoms with van der Waals surface area (Å²) in [6.45, 7) is 1.72. The van der Waals surface area contributed by atoms with Gasteiger partial charge in [-0.2, -0.15) is 5.10 Å². The molecular weight excluding hydrogens is 288 g/mol. The molecular formula is C14H16N4O2S. The Morgan fingerprint density at radius 1 is 1.33 bits per heavy atom. The van der Waals surface area contributed by atoms with Crippen molar-refractivity contribution in [3.05, 3.63) is 39.8 Å². The molecule has 0 spiro atoms. The molecule has 0 N–H and O–H groups in total. The van der Waals surface area contributed by atoms with Crippen molar-refractivity contribution in [2.45, 2.75) is 13.1 Å². The predicted molar refractivity (Wildman–Crippen MR) is 79.3 cm³/mol. The second-order valence-electron chi connectivity index (χ2n) is 5.15. The molecule has 0 atom stereocenters. The van der Waals surface area contributed by atoms with Gasteiger partial charge in [0.2, 0.25) is 0 Å². The lowest BCUT2D eigenvalue weighted by molar-refractivity contribution is 0.0709. The molecule has 21 heavy (non-hydrogen) atoms. The van der Waals surface area contributed by atoms with Gasteiger partial charge >= 0.3 is 0 Å². The first-order valence-corrected chi connectivity index (χ1v) is 7.55. The standard InChI is InChI=1S/C14H16N4O2S/c1-16(2)13(19)11-8-10-9-17(5-6-18(10)15-11)14(20)12-4-3-7-21-12/h3-4,7-8H,5-6,9H2,1-2H3. The van der Waals surface area contributed by atoms with Gasteiger partial charge in [0.25, 0.3) is 11.8 Å². The molecule has 1 aliphatic rings. The molecule has 0 saturated carbocycles. The highest BCUT2D eigenvalue weighted by atomic mass is 32.1. The Bertz CT molecular complexity index is 675. The summed E-state index contributed by atoms with van der Waals surface area (Å²) in [5.41, 5.74) is 1.33. The van der Waals surface area contributed by atoms with Crippen LogP contribution in [-0.2, 0) is 13.1 Å². The number of hydrogen-bond donors (Lipinski definition) is 0. The predicted octanol–water partition coefficient (Wildman–Crippen LogP) is 1.30. The zero-order chi connectivity index (χ0) is 15.0. The van der Waals surface area contributed by atoms with E-state index in [-0.39, 0.29) is 11.8 Å². The lowest BCUT2D eigenvalue weighted by Crippen LogP contribution is -2.38. The zero-order valence-electron chi connectivity index (χ0n) is 11.9. The molecule has 0 saturated heterocycles. The lowest BCUT2D eigenvalue weighted by Gasteiger charge is -2.27. The summed E-state index contributed by atoms with van der Waals surface area (Å²) in [5.74, 6) is -0.0778. The average molecular weight is 304 g/mol. The van der Waals surface area contributed by atoms with Crippen molar-refractivity contribution in [2.75, 3.05) is 20.6 Å². The Hall–Kier alpha value is -2.15. The van der Waals surface area contributed by atoms with E-state index in [0.717, 1.165) is 10.6 Å². The first kappa shape index (κ1) is 13.8. The summed E-state index contributed by atoms with van der Waals surface area (Å²) < 4.78 is 1.81. The Morgan fingerprint density at radius 3 is 2.81 bits per heavy atom. The normalized spacial score (nSPS) is 13.9. The summed E-state index contributed by atoms with van der Waals surface area (Å²) in [6, 6.07) is 5.48. The zero-order valence-corrected chi connectivity index (χ0v) is 12.8. The van der Waals surface area contributed by atoms with Crippen LogP contribution in [0.5, 0.6) is 0 Å². The van der Waals surface area contributed by atoms with Gasteiger partial charge in [0.15, 0.2) is 5.69 Å².